The van der Waals surface area contributed by atoms with Gasteiger partial charge in [0.1, 0.15) is 11.6 Å². The summed E-state index contributed by atoms with van der Waals surface area (Å²) in [5.74, 6) is 0.765. The highest BCUT2D eigenvalue weighted by atomic mass is 32.2. The average Bonchev–Trinajstić information content (AvgIpc) is 2.24. The predicted octanol–water partition coefficient (Wildman–Crippen LogP) is 2.98. The summed E-state index contributed by atoms with van der Waals surface area (Å²) in [4.78, 5) is 0. The van der Waals surface area contributed by atoms with Crippen LogP contribution in [0.2, 0.25) is 0 Å². The van der Waals surface area contributed by atoms with E-state index in [-0.39, 0.29) is 18.0 Å². The van der Waals surface area contributed by atoms with E-state index in [1.54, 1.807) is 11.8 Å². The molecule has 0 fully saturated rings. The second-order valence-electron chi connectivity index (χ2n) is 3.74. The van der Waals surface area contributed by atoms with Crippen LogP contribution in [0.25, 0.3) is 0 Å². The zero-order chi connectivity index (χ0) is 12.0. The van der Waals surface area contributed by atoms with Crippen molar-refractivity contribution in [1.29, 1.82) is 0 Å². The topological polar surface area (TPSA) is 26.0 Å². The van der Waals surface area contributed by atoms with Crippen molar-refractivity contribution < 1.29 is 8.78 Å². The van der Waals surface area contributed by atoms with Crippen LogP contribution in [0.15, 0.2) is 18.2 Å². The van der Waals surface area contributed by atoms with Gasteiger partial charge in [0.2, 0.25) is 0 Å². The highest BCUT2D eigenvalue weighted by Crippen LogP contribution is 2.15. The molecule has 16 heavy (non-hydrogen) atoms. The van der Waals surface area contributed by atoms with Gasteiger partial charge in [0.15, 0.2) is 0 Å². The summed E-state index contributed by atoms with van der Waals surface area (Å²) >= 11 is 1.72. The van der Waals surface area contributed by atoms with E-state index in [0.717, 1.165) is 17.9 Å². The summed E-state index contributed by atoms with van der Waals surface area (Å²) in [5.41, 5.74) is 5.93. The molecule has 0 aliphatic heterocycles. The van der Waals surface area contributed by atoms with Crippen LogP contribution in [0.4, 0.5) is 8.78 Å². The van der Waals surface area contributed by atoms with E-state index in [1.165, 1.54) is 18.2 Å². The van der Waals surface area contributed by atoms with Crippen molar-refractivity contribution in [3.05, 3.63) is 35.4 Å². The summed E-state index contributed by atoms with van der Waals surface area (Å²) in [7, 11) is 0. The van der Waals surface area contributed by atoms with Crippen LogP contribution in [0.1, 0.15) is 18.9 Å². The van der Waals surface area contributed by atoms with Gasteiger partial charge in [-0.3, -0.25) is 0 Å². The quantitative estimate of drug-likeness (QED) is 0.780. The number of hydrogen-bond acceptors (Lipinski definition) is 2. The van der Waals surface area contributed by atoms with Crippen LogP contribution < -0.4 is 5.73 Å². The Kier molecular flexibility index (Phi) is 5.77. The molecule has 1 unspecified atom stereocenters. The zero-order valence-electron chi connectivity index (χ0n) is 9.38. The fourth-order valence-corrected chi connectivity index (χ4v) is 2.30. The van der Waals surface area contributed by atoms with E-state index in [0.29, 0.717) is 0 Å². The fourth-order valence-electron chi connectivity index (χ4n) is 1.43. The monoisotopic (exact) mass is 245 g/mol. The van der Waals surface area contributed by atoms with Gasteiger partial charge >= 0.3 is 0 Å². The maximum Gasteiger partial charge on any atom is 0.129 e. The van der Waals surface area contributed by atoms with Crippen molar-refractivity contribution in [3.63, 3.8) is 0 Å². The average molecular weight is 245 g/mol. The maximum absolute atomic E-state index is 13.3. The third-order valence-electron chi connectivity index (χ3n) is 2.21. The first-order valence-corrected chi connectivity index (χ1v) is 6.56. The zero-order valence-corrected chi connectivity index (χ0v) is 10.2. The molecule has 4 heteroatoms. The Morgan fingerprint density at radius 1 is 1.31 bits per heavy atom. The van der Waals surface area contributed by atoms with E-state index in [2.05, 4.69) is 6.92 Å². The minimum Gasteiger partial charge on any atom is -0.327 e. The number of nitrogens with two attached hydrogens (primary N) is 1. The molecule has 0 radical (unpaired) electrons. The standard InChI is InChI=1S/C12H17F2NS/c1-2-6-16-8-9(15)7-10-11(13)4-3-5-12(10)14/h3-5,9H,2,6-8,15H2,1H3. The first-order valence-electron chi connectivity index (χ1n) is 5.41. The lowest BCUT2D eigenvalue weighted by molar-refractivity contribution is 0.543. The number of halogens is 2. The molecule has 2 N–H and O–H groups in total. The van der Waals surface area contributed by atoms with Crippen molar-refractivity contribution in [2.75, 3.05) is 11.5 Å². The minimum absolute atomic E-state index is 0.104. The van der Waals surface area contributed by atoms with E-state index < -0.39 is 11.6 Å². The van der Waals surface area contributed by atoms with Gasteiger partial charge in [0.25, 0.3) is 0 Å². The smallest absolute Gasteiger partial charge is 0.129 e. The summed E-state index contributed by atoms with van der Waals surface area (Å²) in [6.45, 7) is 2.09. The first-order chi connectivity index (χ1) is 7.65. The molecule has 1 atom stereocenters. The van der Waals surface area contributed by atoms with Crippen LogP contribution >= 0.6 is 11.8 Å². The predicted molar refractivity (Wildman–Crippen MR) is 65.7 cm³/mol. The molecule has 0 saturated heterocycles. The van der Waals surface area contributed by atoms with Crippen molar-refractivity contribution in [1.82, 2.24) is 0 Å². The molecule has 1 aromatic carbocycles. The number of rotatable bonds is 6. The molecule has 0 spiro atoms. The van der Waals surface area contributed by atoms with Crippen molar-refractivity contribution in [2.24, 2.45) is 5.73 Å². The van der Waals surface area contributed by atoms with Crippen LogP contribution in [0.3, 0.4) is 0 Å². The number of benzene rings is 1. The first kappa shape index (κ1) is 13.5. The van der Waals surface area contributed by atoms with Gasteiger partial charge in [-0.2, -0.15) is 11.8 Å². The van der Waals surface area contributed by atoms with Gasteiger partial charge in [-0.25, -0.2) is 8.78 Å². The SMILES string of the molecule is CCCSCC(N)Cc1c(F)cccc1F. The van der Waals surface area contributed by atoms with Crippen LogP contribution in [0, 0.1) is 11.6 Å². The second kappa shape index (κ2) is 6.86. The molecule has 0 aromatic heterocycles. The van der Waals surface area contributed by atoms with Crippen molar-refractivity contribution in [2.45, 2.75) is 25.8 Å². The van der Waals surface area contributed by atoms with Gasteiger partial charge in [-0.05, 0) is 30.7 Å². The lowest BCUT2D eigenvalue weighted by Gasteiger charge is -2.12. The number of thioether (sulfide) groups is 1. The molecular formula is C12H17F2NS. The Bertz CT molecular complexity index is 311. The van der Waals surface area contributed by atoms with Gasteiger partial charge < -0.3 is 5.73 Å². The van der Waals surface area contributed by atoms with Gasteiger partial charge in [-0.1, -0.05) is 13.0 Å². The molecule has 0 aliphatic rings. The Hall–Kier alpha value is -0.610. The van der Waals surface area contributed by atoms with E-state index in [4.69, 9.17) is 5.73 Å². The van der Waals surface area contributed by atoms with Crippen molar-refractivity contribution in [3.8, 4) is 0 Å². The molecule has 0 amide bonds. The molecule has 0 bridgehead atoms. The van der Waals surface area contributed by atoms with Crippen LogP contribution in [-0.4, -0.2) is 17.5 Å². The van der Waals surface area contributed by atoms with Gasteiger partial charge in [-0.15, -0.1) is 0 Å². The van der Waals surface area contributed by atoms with E-state index >= 15 is 0 Å². The highest BCUT2D eigenvalue weighted by molar-refractivity contribution is 7.99. The normalized spacial score (nSPS) is 12.8. The Balaban J connectivity index is 2.52. The molecule has 1 nitrogen and oxygen atoms in total. The van der Waals surface area contributed by atoms with Crippen LogP contribution in [0.5, 0.6) is 0 Å². The summed E-state index contributed by atoms with van der Waals surface area (Å²) in [5, 5.41) is 0. The summed E-state index contributed by atoms with van der Waals surface area (Å²) in [6.07, 6.45) is 1.35. The highest BCUT2D eigenvalue weighted by Gasteiger charge is 2.12. The molecular weight excluding hydrogens is 228 g/mol. The Labute approximate surface area is 99.4 Å². The van der Waals surface area contributed by atoms with E-state index in [1.807, 2.05) is 0 Å². The minimum atomic E-state index is -0.504. The van der Waals surface area contributed by atoms with Crippen LogP contribution in [-0.2, 0) is 6.42 Å². The lowest BCUT2D eigenvalue weighted by atomic mass is 10.1. The maximum atomic E-state index is 13.3. The molecule has 1 aromatic rings. The fraction of sp³-hybridized carbons (Fsp3) is 0.500. The third-order valence-corrected chi connectivity index (χ3v) is 3.57. The van der Waals surface area contributed by atoms with Gasteiger partial charge in [0.05, 0.1) is 0 Å². The summed E-state index contributed by atoms with van der Waals surface area (Å²) < 4.78 is 26.6. The second-order valence-corrected chi connectivity index (χ2v) is 4.89. The molecule has 0 aliphatic carbocycles. The Morgan fingerprint density at radius 3 is 2.50 bits per heavy atom. The van der Waals surface area contributed by atoms with Gasteiger partial charge in [0, 0.05) is 17.4 Å². The Morgan fingerprint density at radius 2 is 1.94 bits per heavy atom. The van der Waals surface area contributed by atoms with Crippen molar-refractivity contribution >= 4 is 11.8 Å². The third kappa shape index (κ3) is 4.10. The summed E-state index contributed by atoms with van der Waals surface area (Å²) in [6, 6.07) is 3.71. The molecule has 1 rings (SSSR count). The molecule has 0 heterocycles. The molecule has 0 saturated carbocycles. The largest absolute Gasteiger partial charge is 0.327 e. The number of hydrogen-bond donors (Lipinski definition) is 1. The molecule has 90 valence electrons. The van der Waals surface area contributed by atoms with E-state index in [9.17, 15) is 8.78 Å². The lowest BCUT2D eigenvalue weighted by Crippen LogP contribution is -2.26.